The molecule has 28 heavy (non-hydrogen) atoms. The Labute approximate surface area is 158 Å². The maximum absolute atomic E-state index is 13.0. The number of hydrogen-bond donors (Lipinski definition) is 1. The van der Waals surface area contributed by atoms with E-state index in [1.807, 2.05) is 0 Å². The number of esters is 1. The summed E-state index contributed by atoms with van der Waals surface area (Å²) in [4.78, 5) is 12.4. The second-order valence-electron chi connectivity index (χ2n) is 6.43. The highest BCUT2D eigenvalue weighted by Gasteiger charge is 2.46. The minimum Gasteiger partial charge on any atom is -0.490 e. The van der Waals surface area contributed by atoms with Gasteiger partial charge in [0.1, 0.15) is 24.2 Å². The maximum Gasteiger partial charge on any atom is 0.426 e. The molecule has 154 valence electrons. The molecule has 1 aromatic rings. The number of ether oxygens (including phenoxy) is 3. The first-order chi connectivity index (χ1) is 13.0. The Morgan fingerprint density at radius 1 is 1.36 bits per heavy atom. The van der Waals surface area contributed by atoms with Gasteiger partial charge in [0.2, 0.25) is 6.10 Å². The quantitative estimate of drug-likeness (QED) is 0.409. The summed E-state index contributed by atoms with van der Waals surface area (Å²) in [6.45, 7) is 0.899. The monoisotopic (exact) mass is 422 g/mol. The van der Waals surface area contributed by atoms with E-state index in [1.54, 1.807) is 30.4 Å². The number of carbonyl (C=O) groups is 1. The second kappa shape index (κ2) is 7.72. The number of fused-ring (bicyclic) bond motifs is 1. The van der Waals surface area contributed by atoms with E-state index in [0.29, 0.717) is 30.1 Å². The molecule has 3 rings (SSSR count). The van der Waals surface area contributed by atoms with Crippen LogP contribution in [0.4, 0.5) is 13.2 Å². The topological polar surface area (TPSA) is 102 Å². The van der Waals surface area contributed by atoms with Gasteiger partial charge in [0.15, 0.2) is 0 Å². The highest BCUT2D eigenvalue weighted by Crippen LogP contribution is 2.37. The smallest absolute Gasteiger partial charge is 0.426 e. The summed E-state index contributed by atoms with van der Waals surface area (Å²) >= 11 is 0. The molecule has 2 aliphatic rings. The van der Waals surface area contributed by atoms with Gasteiger partial charge in [-0.2, -0.15) is 21.6 Å². The molecule has 1 aliphatic heterocycles. The van der Waals surface area contributed by atoms with E-state index in [9.17, 15) is 26.4 Å². The van der Waals surface area contributed by atoms with Crippen molar-refractivity contribution in [1.29, 1.82) is 0 Å². The van der Waals surface area contributed by atoms with E-state index in [4.69, 9.17) is 14.0 Å². The van der Waals surface area contributed by atoms with E-state index >= 15 is 0 Å². The minimum absolute atomic E-state index is 0.00263. The van der Waals surface area contributed by atoms with Gasteiger partial charge < -0.3 is 14.2 Å². The number of epoxide rings is 1. The molecule has 7 nitrogen and oxygen atoms in total. The Bertz CT molecular complexity index is 875. The van der Waals surface area contributed by atoms with E-state index in [0.717, 1.165) is 0 Å². The average Bonchev–Trinajstić information content (AvgIpc) is 3.41. The SMILES string of the molecule is O=C(OC(CS(=O)(=O)O)C(F)(F)F)C1CC=Cc2c(OCC3CO3)cccc21. The fourth-order valence-corrected chi connectivity index (χ4v) is 3.44. The van der Waals surface area contributed by atoms with Crippen LogP contribution in [0.1, 0.15) is 23.5 Å². The van der Waals surface area contributed by atoms with Crippen molar-refractivity contribution >= 4 is 22.2 Å². The normalized spacial score (nSPS) is 22.3. The van der Waals surface area contributed by atoms with Crippen LogP contribution in [0.5, 0.6) is 5.75 Å². The molecule has 1 saturated heterocycles. The molecule has 0 amide bonds. The first kappa shape index (κ1) is 20.6. The summed E-state index contributed by atoms with van der Waals surface area (Å²) in [7, 11) is -5.00. The number of hydrogen-bond acceptors (Lipinski definition) is 6. The molecule has 1 aliphatic carbocycles. The van der Waals surface area contributed by atoms with Crippen molar-refractivity contribution in [3.63, 3.8) is 0 Å². The van der Waals surface area contributed by atoms with Crippen LogP contribution in [0.15, 0.2) is 24.3 Å². The van der Waals surface area contributed by atoms with Gasteiger partial charge in [-0.1, -0.05) is 24.3 Å². The van der Waals surface area contributed by atoms with Crippen LogP contribution in [0.2, 0.25) is 0 Å². The molecule has 0 bridgehead atoms. The summed E-state index contributed by atoms with van der Waals surface area (Å²) < 4.78 is 84.6. The Balaban J connectivity index is 1.79. The summed E-state index contributed by atoms with van der Waals surface area (Å²) in [5.41, 5.74) is 0.948. The predicted molar refractivity (Wildman–Crippen MR) is 90.4 cm³/mol. The number of halogens is 3. The molecule has 0 saturated carbocycles. The highest BCUT2D eigenvalue weighted by atomic mass is 32.2. The zero-order valence-electron chi connectivity index (χ0n) is 14.4. The Morgan fingerprint density at radius 2 is 2.07 bits per heavy atom. The maximum atomic E-state index is 13.0. The lowest BCUT2D eigenvalue weighted by molar-refractivity contribution is -0.216. The third-order valence-corrected chi connectivity index (χ3v) is 4.95. The van der Waals surface area contributed by atoms with Crippen molar-refractivity contribution in [3.05, 3.63) is 35.4 Å². The molecule has 0 spiro atoms. The average molecular weight is 422 g/mol. The van der Waals surface area contributed by atoms with Gasteiger partial charge in [0.25, 0.3) is 10.1 Å². The molecule has 3 unspecified atom stereocenters. The molecule has 3 atom stereocenters. The van der Waals surface area contributed by atoms with Gasteiger partial charge in [-0.05, 0) is 18.1 Å². The standard InChI is InChI=1S/C17H17F3O7S/c18-17(19,20)15(9-28(22,23)24)27-16(21)13-5-1-4-12-11(13)3-2-6-14(12)26-8-10-7-25-10/h1-4,6,10,13,15H,5,7-9H2,(H,22,23,24). The van der Waals surface area contributed by atoms with E-state index in [-0.39, 0.29) is 12.5 Å². The Hall–Kier alpha value is -2.11. The van der Waals surface area contributed by atoms with Crippen LogP contribution < -0.4 is 4.74 Å². The first-order valence-electron chi connectivity index (χ1n) is 8.31. The van der Waals surface area contributed by atoms with E-state index in [2.05, 4.69) is 4.74 Å². The lowest BCUT2D eigenvalue weighted by Gasteiger charge is -2.25. The van der Waals surface area contributed by atoms with Crippen molar-refractivity contribution < 1.29 is 45.1 Å². The van der Waals surface area contributed by atoms with Crippen molar-refractivity contribution in [2.75, 3.05) is 19.0 Å². The predicted octanol–water partition coefficient (Wildman–Crippen LogP) is 2.33. The molecule has 1 aromatic carbocycles. The van der Waals surface area contributed by atoms with Crippen LogP contribution >= 0.6 is 0 Å². The third kappa shape index (κ3) is 5.24. The molecule has 0 radical (unpaired) electrons. The minimum atomic E-state index is -5.14. The lowest BCUT2D eigenvalue weighted by Crippen LogP contribution is -2.40. The molecule has 1 fully saturated rings. The zero-order chi connectivity index (χ0) is 20.5. The largest absolute Gasteiger partial charge is 0.490 e. The number of allylic oxidation sites excluding steroid dienone is 1. The van der Waals surface area contributed by atoms with E-state index < -0.39 is 40.0 Å². The number of alkyl halides is 3. The van der Waals surface area contributed by atoms with Crippen LogP contribution in [0.25, 0.3) is 6.08 Å². The van der Waals surface area contributed by atoms with Crippen LogP contribution in [-0.2, 0) is 24.4 Å². The van der Waals surface area contributed by atoms with Crippen LogP contribution in [-0.4, -0.2) is 56.3 Å². The summed E-state index contributed by atoms with van der Waals surface area (Å²) in [5, 5.41) is 0. The van der Waals surface area contributed by atoms with E-state index in [1.165, 1.54) is 0 Å². The van der Waals surface area contributed by atoms with Crippen molar-refractivity contribution in [1.82, 2.24) is 0 Å². The molecule has 11 heteroatoms. The van der Waals surface area contributed by atoms with Crippen molar-refractivity contribution in [2.45, 2.75) is 30.7 Å². The summed E-state index contributed by atoms with van der Waals surface area (Å²) in [6, 6.07) is 4.83. The summed E-state index contributed by atoms with van der Waals surface area (Å²) in [6.07, 6.45) is -4.74. The number of carbonyl (C=O) groups excluding carboxylic acids is 1. The third-order valence-electron chi connectivity index (χ3n) is 4.23. The lowest BCUT2D eigenvalue weighted by atomic mass is 9.86. The zero-order valence-corrected chi connectivity index (χ0v) is 15.2. The molecule has 0 aromatic heterocycles. The number of benzene rings is 1. The molecule has 1 heterocycles. The Kier molecular flexibility index (Phi) is 5.69. The number of rotatable bonds is 7. The molecular formula is C17H17F3O7S. The first-order valence-corrected chi connectivity index (χ1v) is 9.92. The molecular weight excluding hydrogens is 405 g/mol. The Morgan fingerprint density at radius 3 is 2.68 bits per heavy atom. The van der Waals surface area contributed by atoms with Gasteiger partial charge in [-0.3, -0.25) is 9.35 Å². The molecule has 1 N–H and O–H groups in total. The van der Waals surface area contributed by atoms with Crippen molar-refractivity contribution in [3.8, 4) is 5.75 Å². The second-order valence-corrected chi connectivity index (χ2v) is 7.93. The summed E-state index contributed by atoms with van der Waals surface area (Å²) in [5.74, 6) is -3.61. The van der Waals surface area contributed by atoms with Crippen LogP contribution in [0.3, 0.4) is 0 Å². The van der Waals surface area contributed by atoms with Gasteiger partial charge in [0.05, 0.1) is 12.5 Å². The van der Waals surface area contributed by atoms with Crippen LogP contribution in [0, 0.1) is 0 Å². The highest BCUT2D eigenvalue weighted by molar-refractivity contribution is 7.85. The van der Waals surface area contributed by atoms with Gasteiger partial charge in [0, 0.05) is 5.56 Å². The van der Waals surface area contributed by atoms with Gasteiger partial charge in [-0.25, -0.2) is 0 Å². The van der Waals surface area contributed by atoms with Gasteiger partial charge >= 0.3 is 12.1 Å². The van der Waals surface area contributed by atoms with Crippen molar-refractivity contribution in [2.24, 2.45) is 0 Å². The van der Waals surface area contributed by atoms with Gasteiger partial charge in [-0.15, -0.1) is 0 Å². The fourth-order valence-electron chi connectivity index (χ4n) is 2.80. The fraction of sp³-hybridized carbons (Fsp3) is 0.471.